The number of thiophene rings is 1. The van der Waals surface area contributed by atoms with Crippen LogP contribution < -0.4 is 10.5 Å². The number of hydrogen-bond donors (Lipinski definition) is 2. The number of nitrogens with one attached hydrogen (secondary N) is 1. The van der Waals surface area contributed by atoms with Crippen molar-refractivity contribution in [3.05, 3.63) is 15.8 Å². The Morgan fingerprint density at radius 2 is 2.00 bits per heavy atom. The van der Waals surface area contributed by atoms with Crippen LogP contribution in [0.2, 0.25) is 0 Å². The number of hydrogen-bond acceptors (Lipinski definition) is 4. The smallest absolute Gasteiger partial charge is 0.241 e. The van der Waals surface area contributed by atoms with Gasteiger partial charge in [-0.25, -0.2) is 13.1 Å². The second kappa shape index (κ2) is 4.44. The minimum absolute atomic E-state index is 0.226. The predicted octanol–water partition coefficient (Wildman–Crippen LogP) is 1.38. The fourth-order valence-electron chi connectivity index (χ4n) is 1.23. The molecule has 3 N–H and O–H groups in total. The average molecular weight is 262 g/mol. The summed E-state index contributed by atoms with van der Waals surface area (Å²) in [6.45, 7) is 7.48. The van der Waals surface area contributed by atoms with Crippen LogP contribution in [-0.2, 0) is 10.0 Å². The highest BCUT2D eigenvalue weighted by atomic mass is 32.2. The summed E-state index contributed by atoms with van der Waals surface area (Å²) in [5, 5.41) is 0. The van der Waals surface area contributed by atoms with E-state index in [-0.39, 0.29) is 6.54 Å². The maximum absolute atomic E-state index is 12.0. The van der Waals surface area contributed by atoms with Crippen LogP contribution in [0, 0.1) is 13.8 Å². The van der Waals surface area contributed by atoms with Crippen LogP contribution in [0.1, 0.15) is 23.6 Å². The molecule has 0 atom stereocenters. The Balaban J connectivity index is 2.91. The van der Waals surface area contributed by atoms with Gasteiger partial charge >= 0.3 is 0 Å². The number of aryl methyl sites for hydroxylation is 2. The molecular weight excluding hydrogens is 244 g/mol. The summed E-state index contributed by atoms with van der Waals surface area (Å²) in [6.07, 6.45) is 0. The van der Waals surface area contributed by atoms with Gasteiger partial charge < -0.3 is 5.73 Å². The summed E-state index contributed by atoms with van der Waals surface area (Å²) in [5.41, 5.74) is 5.19. The molecule has 4 nitrogen and oxygen atoms in total. The molecular formula is C10H18N2O2S2. The molecule has 0 aliphatic carbocycles. The van der Waals surface area contributed by atoms with E-state index in [4.69, 9.17) is 5.73 Å². The molecule has 0 fully saturated rings. The van der Waals surface area contributed by atoms with Crippen molar-refractivity contribution >= 4 is 21.4 Å². The van der Waals surface area contributed by atoms with Gasteiger partial charge in [0.15, 0.2) is 0 Å². The molecule has 1 aromatic rings. The molecule has 92 valence electrons. The average Bonchev–Trinajstić information content (AvgIpc) is 2.42. The lowest BCUT2D eigenvalue weighted by atomic mass is 10.1. The Bertz CT molecular complexity index is 469. The SMILES string of the molecule is Cc1cc(S(=O)(=O)NCC(C)(C)N)c(C)s1. The summed E-state index contributed by atoms with van der Waals surface area (Å²) in [5.74, 6) is 0. The number of sulfonamides is 1. The van der Waals surface area contributed by atoms with E-state index < -0.39 is 15.6 Å². The van der Waals surface area contributed by atoms with Crippen LogP contribution in [0.15, 0.2) is 11.0 Å². The van der Waals surface area contributed by atoms with Gasteiger partial charge in [0.25, 0.3) is 0 Å². The van der Waals surface area contributed by atoms with E-state index in [9.17, 15) is 8.42 Å². The van der Waals surface area contributed by atoms with Gasteiger partial charge in [0.05, 0.1) is 4.90 Å². The number of rotatable bonds is 4. The van der Waals surface area contributed by atoms with E-state index in [1.807, 2.05) is 6.92 Å². The Labute approximate surface area is 101 Å². The van der Waals surface area contributed by atoms with Crippen molar-refractivity contribution in [2.24, 2.45) is 5.73 Å². The summed E-state index contributed by atoms with van der Waals surface area (Å²) in [7, 11) is -3.42. The second-order valence-corrected chi connectivity index (χ2v) is 7.79. The zero-order valence-electron chi connectivity index (χ0n) is 9.99. The van der Waals surface area contributed by atoms with Gasteiger partial charge in [0.1, 0.15) is 0 Å². The molecule has 0 aromatic carbocycles. The normalized spacial score (nSPS) is 13.1. The van der Waals surface area contributed by atoms with E-state index in [0.717, 1.165) is 9.75 Å². The van der Waals surface area contributed by atoms with Crippen LogP contribution in [0.5, 0.6) is 0 Å². The third-order valence-corrected chi connectivity index (χ3v) is 4.63. The largest absolute Gasteiger partial charge is 0.324 e. The molecule has 0 unspecified atom stereocenters. The summed E-state index contributed by atoms with van der Waals surface area (Å²) in [6, 6.07) is 1.69. The molecule has 16 heavy (non-hydrogen) atoms. The first-order valence-electron chi connectivity index (χ1n) is 4.97. The van der Waals surface area contributed by atoms with Crippen molar-refractivity contribution in [2.45, 2.75) is 38.1 Å². The maximum atomic E-state index is 12.0. The van der Waals surface area contributed by atoms with Gasteiger partial charge in [-0.15, -0.1) is 11.3 Å². The highest BCUT2D eigenvalue weighted by molar-refractivity contribution is 7.89. The maximum Gasteiger partial charge on any atom is 0.241 e. The zero-order chi connectivity index (χ0) is 12.6. The molecule has 0 radical (unpaired) electrons. The molecule has 0 spiro atoms. The molecule has 1 rings (SSSR count). The van der Waals surface area contributed by atoms with Crippen molar-refractivity contribution in [3.8, 4) is 0 Å². The lowest BCUT2D eigenvalue weighted by Crippen LogP contribution is -2.45. The number of nitrogens with two attached hydrogens (primary N) is 1. The monoisotopic (exact) mass is 262 g/mol. The molecule has 0 bridgehead atoms. The zero-order valence-corrected chi connectivity index (χ0v) is 11.6. The molecule has 0 saturated heterocycles. The molecule has 0 aliphatic rings. The van der Waals surface area contributed by atoms with Crippen LogP contribution in [0.25, 0.3) is 0 Å². The second-order valence-electron chi connectivity index (χ2n) is 4.59. The lowest BCUT2D eigenvalue weighted by Gasteiger charge is -2.18. The van der Waals surface area contributed by atoms with Crippen molar-refractivity contribution in [1.29, 1.82) is 0 Å². The Hall–Kier alpha value is -0.430. The third-order valence-electron chi connectivity index (χ3n) is 2.00. The van der Waals surface area contributed by atoms with Crippen molar-refractivity contribution in [2.75, 3.05) is 6.54 Å². The van der Waals surface area contributed by atoms with Gasteiger partial charge in [-0.2, -0.15) is 0 Å². The first-order chi connectivity index (χ1) is 7.12. The fourth-order valence-corrected chi connectivity index (χ4v) is 4.01. The third kappa shape index (κ3) is 3.55. The van der Waals surface area contributed by atoms with Crippen molar-refractivity contribution in [1.82, 2.24) is 4.72 Å². The Morgan fingerprint density at radius 3 is 2.38 bits per heavy atom. The van der Waals surface area contributed by atoms with Gasteiger partial charge in [-0.05, 0) is 33.8 Å². The standard InChI is InChI=1S/C10H18N2O2S2/c1-7-5-9(8(2)15-7)16(13,14)12-6-10(3,4)11/h5,12H,6,11H2,1-4H3. The first kappa shape index (κ1) is 13.6. The first-order valence-corrected chi connectivity index (χ1v) is 7.27. The van der Waals surface area contributed by atoms with E-state index in [0.29, 0.717) is 4.90 Å². The molecule has 6 heteroatoms. The van der Waals surface area contributed by atoms with Gasteiger partial charge in [-0.3, -0.25) is 0 Å². The molecule has 1 aromatic heterocycles. The highest BCUT2D eigenvalue weighted by Gasteiger charge is 2.21. The van der Waals surface area contributed by atoms with Gasteiger partial charge in [0, 0.05) is 21.8 Å². The van der Waals surface area contributed by atoms with Crippen LogP contribution in [0.4, 0.5) is 0 Å². The Morgan fingerprint density at radius 1 is 1.44 bits per heavy atom. The molecule has 0 saturated carbocycles. The van der Waals surface area contributed by atoms with Crippen LogP contribution in [-0.4, -0.2) is 20.5 Å². The van der Waals surface area contributed by atoms with Gasteiger partial charge in [0.2, 0.25) is 10.0 Å². The van der Waals surface area contributed by atoms with Crippen molar-refractivity contribution in [3.63, 3.8) is 0 Å². The van der Waals surface area contributed by atoms with Crippen molar-refractivity contribution < 1.29 is 8.42 Å². The van der Waals surface area contributed by atoms with E-state index in [1.54, 1.807) is 26.8 Å². The summed E-state index contributed by atoms with van der Waals surface area (Å²) >= 11 is 1.48. The predicted molar refractivity (Wildman–Crippen MR) is 67.2 cm³/mol. The fraction of sp³-hybridized carbons (Fsp3) is 0.600. The van der Waals surface area contributed by atoms with E-state index in [2.05, 4.69) is 4.72 Å². The topological polar surface area (TPSA) is 72.2 Å². The minimum Gasteiger partial charge on any atom is -0.324 e. The molecule has 0 amide bonds. The summed E-state index contributed by atoms with van der Waals surface area (Å²) in [4.78, 5) is 2.16. The quantitative estimate of drug-likeness (QED) is 0.861. The lowest BCUT2D eigenvalue weighted by molar-refractivity contribution is 0.498. The van der Waals surface area contributed by atoms with E-state index >= 15 is 0 Å². The molecule has 0 aliphatic heterocycles. The Kier molecular flexibility index (Phi) is 3.79. The highest BCUT2D eigenvalue weighted by Crippen LogP contribution is 2.24. The van der Waals surface area contributed by atoms with Crippen LogP contribution in [0.3, 0.4) is 0 Å². The van der Waals surface area contributed by atoms with Gasteiger partial charge in [-0.1, -0.05) is 0 Å². The van der Waals surface area contributed by atoms with E-state index in [1.165, 1.54) is 11.3 Å². The summed E-state index contributed by atoms with van der Waals surface area (Å²) < 4.78 is 26.4. The minimum atomic E-state index is -3.42. The van der Waals surface area contributed by atoms with Crippen LogP contribution >= 0.6 is 11.3 Å². The molecule has 1 heterocycles.